The van der Waals surface area contributed by atoms with E-state index in [1.807, 2.05) is 17.9 Å². The summed E-state index contributed by atoms with van der Waals surface area (Å²) in [6.45, 7) is 5.50. The molecule has 1 atom stereocenters. The van der Waals surface area contributed by atoms with Gasteiger partial charge in [0.15, 0.2) is 0 Å². The molecule has 0 fully saturated rings. The lowest BCUT2D eigenvalue weighted by Crippen LogP contribution is -2.22. The van der Waals surface area contributed by atoms with Crippen LogP contribution >= 0.6 is 0 Å². The summed E-state index contributed by atoms with van der Waals surface area (Å²) in [5.74, 6) is 0. The van der Waals surface area contributed by atoms with Crippen LogP contribution in [0.3, 0.4) is 0 Å². The van der Waals surface area contributed by atoms with E-state index in [-0.39, 0.29) is 0 Å². The molecule has 0 aliphatic carbocycles. The number of unbranched alkanes of at least 4 members (excludes halogenated alkanes) is 1. The number of aryl methyl sites for hydroxylation is 1. The zero-order valence-electron chi connectivity index (χ0n) is 10.2. The molecular formula is C12H23N3. The first-order valence-electron chi connectivity index (χ1n) is 6.00. The summed E-state index contributed by atoms with van der Waals surface area (Å²) in [4.78, 5) is 0. The highest BCUT2D eigenvalue weighted by Gasteiger charge is 2.12. The molecular weight excluding hydrogens is 186 g/mol. The van der Waals surface area contributed by atoms with Crippen molar-refractivity contribution in [1.29, 1.82) is 0 Å². The van der Waals surface area contributed by atoms with E-state index in [0.29, 0.717) is 6.04 Å². The monoisotopic (exact) mass is 209 g/mol. The largest absolute Gasteiger partial charge is 0.309 e. The van der Waals surface area contributed by atoms with Crippen LogP contribution in [0.25, 0.3) is 0 Å². The molecule has 3 heteroatoms. The smallest absolute Gasteiger partial charge is 0.0793 e. The minimum absolute atomic E-state index is 0.436. The molecule has 0 spiro atoms. The fourth-order valence-electron chi connectivity index (χ4n) is 1.70. The Morgan fingerprint density at radius 2 is 2.20 bits per heavy atom. The maximum Gasteiger partial charge on any atom is 0.0793 e. The van der Waals surface area contributed by atoms with E-state index in [1.54, 1.807) is 0 Å². The van der Waals surface area contributed by atoms with Crippen molar-refractivity contribution in [2.24, 2.45) is 7.05 Å². The van der Waals surface area contributed by atoms with Crippen LogP contribution in [0.4, 0.5) is 0 Å². The molecule has 1 heterocycles. The molecule has 0 radical (unpaired) electrons. The van der Waals surface area contributed by atoms with E-state index < -0.39 is 0 Å². The number of aromatic nitrogens is 2. The lowest BCUT2D eigenvalue weighted by Gasteiger charge is -2.15. The third-order valence-corrected chi connectivity index (χ3v) is 2.58. The van der Waals surface area contributed by atoms with Gasteiger partial charge in [-0.15, -0.1) is 0 Å². The molecule has 0 bridgehead atoms. The van der Waals surface area contributed by atoms with Crippen LogP contribution in [0.15, 0.2) is 12.3 Å². The van der Waals surface area contributed by atoms with Gasteiger partial charge in [-0.3, -0.25) is 4.68 Å². The van der Waals surface area contributed by atoms with E-state index in [9.17, 15) is 0 Å². The molecule has 0 aliphatic heterocycles. The fraction of sp³-hybridized carbons (Fsp3) is 0.750. The highest BCUT2D eigenvalue weighted by Crippen LogP contribution is 2.17. The van der Waals surface area contributed by atoms with Gasteiger partial charge >= 0.3 is 0 Å². The Bertz CT molecular complexity index is 260. The van der Waals surface area contributed by atoms with Crippen molar-refractivity contribution in [2.75, 3.05) is 6.54 Å². The molecule has 1 rings (SSSR count). The summed E-state index contributed by atoms with van der Waals surface area (Å²) >= 11 is 0. The lowest BCUT2D eigenvalue weighted by molar-refractivity contribution is 0.467. The summed E-state index contributed by atoms with van der Waals surface area (Å²) in [7, 11) is 1.97. The minimum Gasteiger partial charge on any atom is -0.309 e. The van der Waals surface area contributed by atoms with Crippen molar-refractivity contribution in [2.45, 2.75) is 45.6 Å². The van der Waals surface area contributed by atoms with Crippen molar-refractivity contribution < 1.29 is 0 Å². The highest BCUT2D eigenvalue weighted by atomic mass is 15.3. The molecule has 1 unspecified atom stereocenters. The fourth-order valence-corrected chi connectivity index (χ4v) is 1.70. The second kappa shape index (κ2) is 6.62. The number of nitrogens with zero attached hydrogens (tertiary/aromatic N) is 2. The SMILES string of the molecule is CCCCC(NCCC)c1ccn(C)n1. The third-order valence-electron chi connectivity index (χ3n) is 2.58. The molecule has 0 saturated carbocycles. The quantitative estimate of drug-likeness (QED) is 0.748. The standard InChI is InChI=1S/C12H23N3/c1-4-6-7-11(13-9-5-2)12-8-10-15(3)14-12/h8,10-11,13H,4-7,9H2,1-3H3. The van der Waals surface area contributed by atoms with Gasteiger partial charge in [-0.1, -0.05) is 26.7 Å². The van der Waals surface area contributed by atoms with E-state index in [2.05, 4.69) is 30.3 Å². The third kappa shape index (κ3) is 4.04. The van der Waals surface area contributed by atoms with Gasteiger partial charge in [0.1, 0.15) is 0 Å². The molecule has 3 nitrogen and oxygen atoms in total. The summed E-state index contributed by atoms with van der Waals surface area (Å²) in [6.07, 6.45) is 6.89. The van der Waals surface area contributed by atoms with Gasteiger partial charge in [0, 0.05) is 13.2 Å². The van der Waals surface area contributed by atoms with Crippen molar-refractivity contribution >= 4 is 0 Å². The normalized spacial score (nSPS) is 13.0. The van der Waals surface area contributed by atoms with E-state index in [1.165, 1.54) is 31.4 Å². The Hall–Kier alpha value is -0.830. The van der Waals surface area contributed by atoms with Crippen molar-refractivity contribution in [3.63, 3.8) is 0 Å². The maximum absolute atomic E-state index is 4.47. The van der Waals surface area contributed by atoms with Crippen molar-refractivity contribution in [3.05, 3.63) is 18.0 Å². The first-order valence-corrected chi connectivity index (χ1v) is 6.00. The Kier molecular flexibility index (Phi) is 5.40. The molecule has 1 N–H and O–H groups in total. The van der Waals surface area contributed by atoms with Gasteiger partial charge < -0.3 is 5.32 Å². The van der Waals surface area contributed by atoms with E-state index in [0.717, 1.165) is 6.54 Å². The maximum atomic E-state index is 4.47. The molecule has 86 valence electrons. The molecule has 15 heavy (non-hydrogen) atoms. The van der Waals surface area contributed by atoms with Crippen LogP contribution in [0.2, 0.25) is 0 Å². The Morgan fingerprint density at radius 3 is 2.73 bits per heavy atom. The number of nitrogens with one attached hydrogen (secondary N) is 1. The average Bonchev–Trinajstić information content (AvgIpc) is 2.65. The van der Waals surface area contributed by atoms with Gasteiger partial charge in [-0.25, -0.2) is 0 Å². The zero-order valence-corrected chi connectivity index (χ0v) is 10.2. The topological polar surface area (TPSA) is 29.9 Å². The Balaban J connectivity index is 2.54. The number of hydrogen-bond acceptors (Lipinski definition) is 2. The molecule has 0 aromatic carbocycles. The van der Waals surface area contributed by atoms with Crippen LogP contribution in [0.5, 0.6) is 0 Å². The summed E-state index contributed by atoms with van der Waals surface area (Å²) < 4.78 is 1.88. The van der Waals surface area contributed by atoms with Gasteiger partial charge in [-0.2, -0.15) is 5.10 Å². The number of rotatable bonds is 7. The summed E-state index contributed by atoms with van der Waals surface area (Å²) in [5.41, 5.74) is 1.18. The predicted octanol–water partition coefficient (Wildman–Crippen LogP) is 2.65. The first kappa shape index (κ1) is 12.2. The van der Waals surface area contributed by atoms with Crippen LogP contribution in [-0.4, -0.2) is 16.3 Å². The zero-order chi connectivity index (χ0) is 11.1. The molecule has 1 aromatic heterocycles. The van der Waals surface area contributed by atoms with Gasteiger partial charge in [0.05, 0.1) is 11.7 Å². The van der Waals surface area contributed by atoms with Crippen LogP contribution in [-0.2, 0) is 7.05 Å². The average molecular weight is 209 g/mol. The van der Waals surface area contributed by atoms with Crippen molar-refractivity contribution in [1.82, 2.24) is 15.1 Å². The van der Waals surface area contributed by atoms with Crippen LogP contribution in [0, 0.1) is 0 Å². The molecule has 1 aromatic rings. The lowest BCUT2D eigenvalue weighted by atomic mass is 10.1. The van der Waals surface area contributed by atoms with Gasteiger partial charge in [0.25, 0.3) is 0 Å². The van der Waals surface area contributed by atoms with Crippen molar-refractivity contribution in [3.8, 4) is 0 Å². The summed E-state index contributed by atoms with van der Waals surface area (Å²) in [5, 5.41) is 8.03. The Labute approximate surface area is 92.9 Å². The van der Waals surface area contributed by atoms with Gasteiger partial charge in [-0.05, 0) is 25.5 Å². The Morgan fingerprint density at radius 1 is 1.40 bits per heavy atom. The number of hydrogen-bond donors (Lipinski definition) is 1. The first-order chi connectivity index (χ1) is 7.27. The minimum atomic E-state index is 0.436. The second-order valence-electron chi connectivity index (χ2n) is 4.06. The predicted molar refractivity (Wildman–Crippen MR) is 63.8 cm³/mol. The van der Waals surface area contributed by atoms with E-state index >= 15 is 0 Å². The summed E-state index contributed by atoms with van der Waals surface area (Å²) in [6, 6.07) is 2.55. The molecule has 0 amide bonds. The molecule has 0 aliphatic rings. The van der Waals surface area contributed by atoms with Crippen LogP contribution in [0.1, 0.15) is 51.3 Å². The molecule has 0 saturated heterocycles. The second-order valence-corrected chi connectivity index (χ2v) is 4.06. The highest BCUT2D eigenvalue weighted by molar-refractivity contribution is 5.05. The van der Waals surface area contributed by atoms with Gasteiger partial charge in [0.2, 0.25) is 0 Å². The van der Waals surface area contributed by atoms with E-state index in [4.69, 9.17) is 0 Å². The van der Waals surface area contributed by atoms with Crippen LogP contribution < -0.4 is 5.32 Å².